The van der Waals surface area contributed by atoms with Crippen LogP contribution in [0.5, 0.6) is 0 Å². The topological polar surface area (TPSA) is 17.8 Å². The van der Waals surface area contributed by atoms with Gasteiger partial charge in [-0.05, 0) is 41.2 Å². The minimum atomic E-state index is -0.528. The van der Waals surface area contributed by atoms with Gasteiger partial charge >= 0.3 is 0 Å². The molecule has 0 amide bonds. The number of allylic oxidation sites excluding steroid dienone is 1. The first kappa shape index (κ1) is 27.9. The highest BCUT2D eigenvalue weighted by Crippen LogP contribution is 2.34. The zero-order valence-electron chi connectivity index (χ0n) is 23.1. The summed E-state index contributed by atoms with van der Waals surface area (Å²) in [7, 11) is 1.55. The first-order valence-electron chi connectivity index (χ1n) is 13.7. The van der Waals surface area contributed by atoms with Crippen molar-refractivity contribution in [1.29, 1.82) is 0 Å². The van der Waals surface area contributed by atoms with Gasteiger partial charge in [-0.1, -0.05) is 133 Å². The van der Waals surface area contributed by atoms with Crippen LogP contribution in [0.3, 0.4) is 0 Å². The van der Waals surface area contributed by atoms with E-state index >= 15 is 0 Å². The maximum absolute atomic E-state index is 4.35. The van der Waals surface area contributed by atoms with Gasteiger partial charge in [0.25, 0.3) is 0 Å². The van der Waals surface area contributed by atoms with Crippen LogP contribution in [-0.2, 0) is 5.16 Å². The summed E-state index contributed by atoms with van der Waals surface area (Å²) >= 11 is 0. The Bertz CT molecular complexity index is 1350. The minimum Gasteiger partial charge on any atom is -0.327 e. The van der Waals surface area contributed by atoms with E-state index in [0.717, 1.165) is 6.42 Å². The Labute approximate surface area is 237 Å². The number of aromatic nitrogens is 2. The molecule has 5 rings (SSSR count). The predicted octanol–water partition coefficient (Wildman–Crippen LogP) is 6.89. The summed E-state index contributed by atoms with van der Waals surface area (Å²) in [6.07, 6.45) is 7.05. The van der Waals surface area contributed by atoms with Gasteiger partial charge in [-0.25, -0.2) is 4.98 Å². The van der Waals surface area contributed by atoms with Gasteiger partial charge in [0, 0.05) is 12.4 Å². The quantitative estimate of drug-likeness (QED) is 0.152. The number of imidazole rings is 1. The summed E-state index contributed by atoms with van der Waals surface area (Å²) in [5, 5.41) is -0.103. The van der Waals surface area contributed by atoms with E-state index in [9.17, 15) is 0 Å². The Hall–Kier alpha value is -4.15. The number of hydrogen-bond donors (Lipinski definition) is 0. The van der Waals surface area contributed by atoms with Crippen molar-refractivity contribution in [2.75, 3.05) is 0 Å². The Balaban J connectivity index is 0.000000202. The molecule has 0 saturated heterocycles. The molecule has 0 bridgehead atoms. The number of hydrogen-bond acceptors (Lipinski definition) is 1. The van der Waals surface area contributed by atoms with Gasteiger partial charge in [-0.2, -0.15) is 0 Å². The molecular weight excluding hydrogens is 487 g/mol. The van der Waals surface area contributed by atoms with Crippen molar-refractivity contribution in [2.24, 2.45) is 0 Å². The fraction of sp³-hybridized carbons (Fsp3) is 0.114. The SMILES string of the molecule is BC=C(c1ccccc1)c1ccccc1.C=C(C)CC[SiH2]C(c1ccccc1)(c1ccccc1)n1ccnc1. The molecule has 0 spiro atoms. The molecule has 0 saturated carbocycles. The van der Waals surface area contributed by atoms with Crippen molar-refractivity contribution in [2.45, 2.75) is 24.6 Å². The van der Waals surface area contributed by atoms with Crippen molar-refractivity contribution >= 4 is 22.9 Å². The molecule has 0 aliphatic carbocycles. The van der Waals surface area contributed by atoms with Crippen molar-refractivity contribution in [3.63, 3.8) is 0 Å². The van der Waals surface area contributed by atoms with Crippen LogP contribution in [0.15, 0.2) is 158 Å². The smallest absolute Gasteiger partial charge is 0.130 e. The van der Waals surface area contributed by atoms with E-state index in [1.807, 2.05) is 24.7 Å². The Morgan fingerprint density at radius 3 is 1.64 bits per heavy atom. The molecule has 0 fully saturated rings. The second-order valence-corrected chi connectivity index (χ2v) is 12.0. The minimum absolute atomic E-state index is 0.103. The van der Waals surface area contributed by atoms with E-state index < -0.39 is 9.52 Å². The molecule has 0 aliphatic rings. The zero-order valence-corrected chi connectivity index (χ0v) is 24.5. The lowest BCUT2D eigenvalue weighted by Gasteiger charge is -2.37. The summed E-state index contributed by atoms with van der Waals surface area (Å²) in [6.45, 7) is 6.21. The van der Waals surface area contributed by atoms with E-state index in [4.69, 9.17) is 0 Å². The third-order valence-corrected chi connectivity index (χ3v) is 9.66. The lowest BCUT2D eigenvalue weighted by Crippen LogP contribution is -2.41. The van der Waals surface area contributed by atoms with E-state index in [0.29, 0.717) is 0 Å². The molecule has 0 radical (unpaired) electrons. The fourth-order valence-electron chi connectivity index (χ4n) is 5.18. The summed E-state index contributed by atoms with van der Waals surface area (Å²) in [4.78, 5) is 4.35. The van der Waals surface area contributed by atoms with E-state index in [-0.39, 0.29) is 5.16 Å². The van der Waals surface area contributed by atoms with Crippen molar-refractivity contribution in [1.82, 2.24) is 9.55 Å². The molecule has 1 heterocycles. The Morgan fingerprint density at radius 1 is 0.795 bits per heavy atom. The lowest BCUT2D eigenvalue weighted by molar-refractivity contribution is 0.590. The number of rotatable bonds is 9. The van der Waals surface area contributed by atoms with Crippen LogP contribution in [-0.4, -0.2) is 26.9 Å². The second kappa shape index (κ2) is 14.1. The standard InChI is InChI=1S/C21H24N2Si.C14H13B/c1-18(2)13-16-24-21(23-15-14-22-17-23,19-9-5-3-6-10-19)20-11-7-4-8-12-20;15-11-14(12-7-3-1-4-8-12)13-9-5-2-6-10-13/h3-12,14-15,17H,1,13,16,24H2,2H3;1-11H,15H2. The van der Waals surface area contributed by atoms with Crippen molar-refractivity contribution in [3.8, 4) is 0 Å². The van der Waals surface area contributed by atoms with Crippen molar-refractivity contribution < 1.29 is 0 Å². The molecule has 0 atom stereocenters. The predicted molar refractivity (Wildman–Crippen MR) is 173 cm³/mol. The van der Waals surface area contributed by atoms with Crippen LogP contribution >= 0.6 is 0 Å². The average Bonchev–Trinajstić information content (AvgIpc) is 3.54. The van der Waals surface area contributed by atoms with Crippen LogP contribution in [0, 0.1) is 0 Å². The molecule has 4 heteroatoms. The molecule has 5 aromatic rings. The molecule has 0 unspecified atom stereocenters. The lowest BCUT2D eigenvalue weighted by atomic mass is 9.92. The van der Waals surface area contributed by atoms with Gasteiger partial charge < -0.3 is 4.57 Å². The average molecular weight is 525 g/mol. The molecule has 4 aromatic carbocycles. The van der Waals surface area contributed by atoms with Crippen LogP contribution in [0.25, 0.3) is 5.57 Å². The highest BCUT2D eigenvalue weighted by atomic mass is 28.2. The first-order valence-corrected chi connectivity index (χ1v) is 15.4. The molecule has 0 N–H and O–H groups in total. The second-order valence-electron chi connectivity index (χ2n) is 9.81. The van der Waals surface area contributed by atoms with Gasteiger partial charge in [0.05, 0.1) is 21.0 Å². The largest absolute Gasteiger partial charge is 0.327 e. The van der Waals surface area contributed by atoms with Gasteiger partial charge in [0.2, 0.25) is 0 Å². The highest BCUT2D eigenvalue weighted by Gasteiger charge is 2.35. The fourth-order valence-corrected chi connectivity index (χ4v) is 7.96. The van der Waals surface area contributed by atoms with Crippen LogP contribution in [0.4, 0.5) is 0 Å². The van der Waals surface area contributed by atoms with Gasteiger partial charge in [-0.15, -0.1) is 12.6 Å². The molecule has 39 heavy (non-hydrogen) atoms. The first-order chi connectivity index (χ1) is 19.1. The van der Waals surface area contributed by atoms with Gasteiger partial charge in [0.1, 0.15) is 7.85 Å². The number of benzene rings is 4. The van der Waals surface area contributed by atoms with Crippen LogP contribution in [0.1, 0.15) is 35.6 Å². The maximum atomic E-state index is 4.35. The molecule has 1 aromatic heterocycles. The monoisotopic (exact) mass is 524 g/mol. The summed E-state index contributed by atoms with van der Waals surface area (Å²) in [6, 6.07) is 43.9. The van der Waals surface area contributed by atoms with Gasteiger partial charge in [0.15, 0.2) is 0 Å². The number of nitrogens with zero attached hydrogens (tertiary/aromatic N) is 2. The molecule has 0 aliphatic heterocycles. The highest BCUT2D eigenvalue weighted by molar-refractivity contribution is 6.41. The molecular formula is C35H37BN2Si. The molecule has 2 nitrogen and oxygen atoms in total. The van der Waals surface area contributed by atoms with Crippen LogP contribution < -0.4 is 0 Å². The normalized spacial score (nSPS) is 11.0. The maximum Gasteiger partial charge on any atom is 0.130 e. The zero-order chi connectivity index (χ0) is 27.3. The Kier molecular flexibility index (Phi) is 10.1. The third kappa shape index (κ3) is 7.04. The molecule has 194 valence electrons. The Morgan fingerprint density at radius 2 is 1.26 bits per heavy atom. The van der Waals surface area contributed by atoms with E-state index in [1.54, 1.807) is 0 Å². The third-order valence-electron chi connectivity index (χ3n) is 7.05. The van der Waals surface area contributed by atoms with E-state index in [1.165, 1.54) is 39.4 Å². The summed E-state index contributed by atoms with van der Waals surface area (Å²) in [5.74, 6) is 2.16. The van der Waals surface area contributed by atoms with Gasteiger partial charge in [-0.3, -0.25) is 0 Å². The van der Waals surface area contributed by atoms with E-state index in [2.05, 4.69) is 152 Å². The van der Waals surface area contributed by atoms with Crippen molar-refractivity contribution in [3.05, 3.63) is 180 Å². The van der Waals surface area contributed by atoms with Crippen LogP contribution in [0.2, 0.25) is 6.04 Å². The summed E-state index contributed by atoms with van der Waals surface area (Å²) < 4.78 is 2.31. The summed E-state index contributed by atoms with van der Waals surface area (Å²) in [5.41, 5.74) is 7.79.